The number of H-pyrrole nitrogens is 2. The topological polar surface area (TPSA) is 101 Å². The van der Waals surface area contributed by atoms with Gasteiger partial charge in [-0.15, -0.1) is 4.68 Å². The van der Waals surface area contributed by atoms with Crippen LogP contribution >= 0.6 is 0 Å². The standard InChI is InChI=1S/C19H16N4O4/c1-26-12-7-8-14-13(9-12)16-17(21-14)18(24)23(19(25)22-16)20-10-11-5-3-4-6-15(11)27-2/h3-10,21H,1-2H3,(H,22,25). The van der Waals surface area contributed by atoms with Crippen molar-refractivity contribution in [3.8, 4) is 11.5 Å². The zero-order valence-corrected chi connectivity index (χ0v) is 14.6. The molecule has 2 aromatic carbocycles. The van der Waals surface area contributed by atoms with Gasteiger partial charge in [-0.2, -0.15) is 5.10 Å². The van der Waals surface area contributed by atoms with Crippen molar-refractivity contribution in [3.63, 3.8) is 0 Å². The average molecular weight is 364 g/mol. The largest absolute Gasteiger partial charge is 0.497 e. The van der Waals surface area contributed by atoms with E-state index in [1.54, 1.807) is 37.4 Å². The number of fused-ring (bicyclic) bond motifs is 3. The molecule has 0 unspecified atom stereocenters. The van der Waals surface area contributed by atoms with Gasteiger partial charge in [-0.05, 0) is 30.3 Å². The first-order valence-electron chi connectivity index (χ1n) is 8.14. The lowest BCUT2D eigenvalue weighted by atomic mass is 10.2. The number of aromatic amines is 2. The maximum atomic E-state index is 12.8. The molecule has 0 amide bonds. The first-order chi connectivity index (χ1) is 13.1. The van der Waals surface area contributed by atoms with Crippen molar-refractivity contribution in [3.05, 3.63) is 68.9 Å². The Labute approximate surface area is 152 Å². The first-order valence-corrected chi connectivity index (χ1v) is 8.14. The summed E-state index contributed by atoms with van der Waals surface area (Å²) in [4.78, 5) is 31.0. The number of hydrogen-bond acceptors (Lipinski definition) is 5. The smallest absolute Gasteiger partial charge is 0.350 e. The third kappa shape index (κ3) is 2.77. The Kier molecular flexibility index (Phi) is 4.00. The number of rotatable bonds is 4. The van der Waals surface area contributed by atoms with Crippen LogP contribution in [0.25, 0.3) is 21.9 Å². The lowest BCUT2D eigenvalue weighted by Crippen LogP contribution is -2.32. The van der Waals surface area contributed by atoms with Gasteiger partial charge in [0.15, 0.2) is 0 Å². The summed E-state index contributed by atoms with van der Waals surface area (Å²) >= 11 is 0. The van der Waals surface area contributed by atoms with Crippen molar-refractivity contribution in [2.24, 2.45) is 5.10 Å². The third-order valence-corrected chi connectivity index (χ3v) is 4.29. The van der Waals surface area contributed by atoms with Crippen molar-refractivity contribution < 1.29 is 9.47 Å². The van der Waals surface area contributed by atoms with E-state index in [9.17, 15) is 9.59 Å². The van der Waals surface area contributed by atoms with E-state index in [0.717, 1.165) is 4.68 Å². The molecule has 8 nitrogen and oxygen atoms in total. The quantitative estimate of drug-likeness (QED) is 0.541. The molecule has 0 saturated carbocycles. The van der Waals surface area contributed by atoms with Crippen molar-refractivity contribution in [2.75, 3.05) is 14.2 Å². The summed E-state index contributed by atoms with van der Waals surface area (Å²) in [5.41, 5.74) is 0.855. The van der Waals surface area contributed by atoms with Gasteiger partial charge in [-0.25, -0.2) is 4.79 Å². The van der Waals surface area contributed by atoms with E-state index in [1.807, 2.05) is 12.1 Å². The molecule has 2 aromatic heterocycles. The van der Waals surface area contributed by atoms with Crippen LogP contribution in [-0.2, 0) is 0 Å². The van der Waals surface area contributed by atoms with Gasteiger partial charge in [0.25, 0.3) is 0 Å². The Morgan fingerprint density at radius 1 is 1.00 bits per heavy atom. The maximum Gasteiger partial charge on any atom is 0.350 e. The number of aromatic nitrogens is 3. The molecule has 0 spiro atoms. The second-order valence-corrected chi connectivity index (χ2v) is 5.82. The van der Waals surface area contributed by atoms with Gasteiger partial charge < -0.3 is 19.4 Å². The van der Waals surface area contributed by atoms with Crippen molar-refractivity contribution in [1.29, 1.82) is 0 Å². The lowest BCUT2D eigenvalue weighted by molar-refractivity contribution is 0.414. The summed E-state index contributed by atoms with van der Waals surface area (Å²) in [5.74, 6) is 1.21. The molecule has 4 rings (SSSR count). The molecule has 8 heteroatoms. The van der Waals surface area contributed by atoms with Crippen LogP contribution in [0.3, 0.4) is 0 Å². The van der Waals surface area contributed by atoms with Crippen LogP contribution in [0.15, 0.2) is 57.2 Å². The molecule has 4 aromatic rings. The van der Waals surface area contributed by atoms with E-state index >= 15 is 0 Å². The predicted octanol–water partition coefficient (Wildman–Crippen LogP) is 2.07. The van der Waals surface area contributed by atoms with E-state index in [1.165, 1.54) is 13.3 Å². The molecule has 0 aliphatic rings. The molecule has 0 saturated heterocycles. The highest BCUT2D eigenvalue weighted by Gasteiger charge is 2.13. The first kappa shape index (κ1) is 16.6. The van der Waals surface area contributed by atoms with Crippen LogP contribution in [0.5, 0.6) is 11.5 Å². The molecule has 27 heavy (non-hydrogen) atoms. The molecule has 0 radical (unpaired) electrons. The van der Waals surface area contributed by atoms with Gasteiger partial charge in [0.05, 0.1) is 26.0 Å². The van der Waals surface area contributed by atoms with Crippen LogP contribution in [0, 0.1) is 0 Å². The Hall–Kier alpha value is -3.81. The number of nitrogens with one attached hydrogen (secondary N) is 2. The van der Waals surface area contributed by atoms with E-state index in [-0.39, 0.29) is 5.52 Å². The van der Waals surface area contributed by atoms with E-state index in [0.29, 0.717) is 33.5 Å². The normalized spacial score (nSPS) is 11.5. The Bertz CT molecular complexity index is 1300. The monoisotopic (exact) mass is 364 g/mol. The van der Waals surface area contributed by atoms with Gasteiger partial charge >= 0.3 is 11.2 Å². The second-order valence-electron chi connectivity index (χ2n) is 5.82. The number of hydrogen-bond donors (Lipinski definition) is 2. The van der Waals surface area contributed by atoms with Crippen LogP contribution in [0.4, 0.5) is 0 Å². The number of benzene rings is 2. The van der Waals surface area contributed by atoms with Gasteiger partial charge in [0, 0.05) is 16.5 Å². The van der Waals surface area contributed by atoms with Gasteiger partial charge in [-0.3, -0.25) is 4.79 Å². The van der Waals surface area contributed by atoms with Gasteiger partial charge in [-0.1, -0.05) is 12.1 Å². The Morgan fingerprint density at radius 3 is 2.59 bits per heavy atom. The van der Waals surface area contributed by atoms with Gasteiger partial charge in [0.2, 0.25) is 0 Å². The number of nitrogens with zero attached hydrogens (tertiary/aromatic N) is 2. The SMILES string of the molecule is COc1ccc2[nH]c3c(=O)n(N=Cc4ccccc4OC)c(=O)[nH]c3c2c1. The summed E-state index contributed by atoms with van der Waals surface area (Å²) < 4.78 is 11.2. The average Bonchev–Trinajstić information content (AvgIpc) is 3.06. The van der Waals surface area contributed by atoms with Crippen molar-refractivity contribution in [2.45, 2.75) is 0 Å². The Morgan fingerprint density at radius 2 is 1.81 bits per heavy atom. The fourth-order valence-electron chi connectivity index (χ4n) is 2.94. The van der Waals surface area contributed by atoms with E-state index in [2.05, 4.69) is 15.1 Å². The molecule has 2 N–H and O–H groups in total. The van der Waals surface area contributed by atoms with Crippen molar-refractivity contribution >= 4 is 28.2 Å². The molecule has 0 aliphatic carbocycles. The fraction of sp³-hybridized carbons (Fsp3) is 0.105. The molecular formula is C19H16N4O4. The summed E-state index contributed by atoms with van der Waals surface area (Å²) in [6.07, 6.45) is 1.41. The summed E-state index contributed by atoms with van der Waals surface area (Å²) in [7, 11) is 3.09. The highest BCUT2D eigenvalue weighted by atomic mass is 16.5. The molecule has 136 valence electrons. The number of methoxy groups -OCH3 is 2. The van der Waals surface area contributed by atoms with Crippen molar-refractivity contribution in [1.82, 2.24) is 14.6 Å². The highest BCUT2D eigenvalue weighted by Crippen LogP contribution is 2.25. The van der Waals surface area contributed by atoms with Crippen LogP contribution in [-0.4, -0.2) is 35.1 Å². The second kappa shape index (κ2) is 6.49. The molecule has 0 bridgehead atoms. The van der Waals surface area contributed by atoms with Crippen LogP contribution < -0.4 is 20.7 Å². The predicted molar refractivity (Wildman–Crippen MR) is 103 cm³/mol. The van der Waals surface area contributed by atoms with Gasteiger partial charge in [0.1, 0.15) is 17.0 Å². The summed E-state index contributed by atoms with van der Waals surface area (Å²) in [6, 6.07) is 12.5. The molecule has 2 heterocycles. The molecule has 0 aliphatic heterocycles. The van der Waals surface area contributed by atoms with Crippen LogP contribution in [0.1, 0.15) is 5.56 Å². The lowest BCUT2D eigenvalue weighted by Gasteiger charge is -2.03. The minimum atomic E-state index is -0.637. The third-order valence-electron chi connectivity index (χ3n) is 4.29. The summed E-state index contributed by atoms with van der Waals surface area (Å²) in [5, 5.41) is 4.74. The minimum Gasteiger partial charge on any atom is -0.497 e. The molecule has 0 fully saturated rings. The minimum absolute atomic E-state index is 0.259. The number of ether oxygens (including phenoxy) is 2. The number of para-hydroxylation sites is 1. The fourth-order valence-corrected chi connectivity index (χ4v) is 2.94. The van der Waals surface area contributed by atoms with Crippen LogP contribution in [0.2, 0.25) is 0 Å². The van der Waals surface area contributed by atoms with E-state index < -0.39 is 11.2 Å². The Balaban J connectivity index is 1.90. The highest BCUT2D eigenvalue weighted by molar-refractivity contribution is 6.04. The summed E-state index contributed by atoms with van der Waals surface area (Å²) in [6.45, 7) is 0. The maximum absolute atomic E-state index is 12.8. The zero-order chi connectivity index (χ0) is 19.0. The molecule has 0 atom stereocenters. The van der Waals surface area contributed by atoms with E-state index in [4.69, 9.17) is 9.47 Å². The zero-order valence-electron chi connectivity index (χ0n) is 14.6. The molecular weight excluding hydrogens is 348 g/mol.